The molecule has 0 radical (unpaired) electrons. The molecule has 0 saturated heterocycles. The van der Waals surface area contributed by atoms with E-state index in [0.717, 1.165) is 6.92 Å². The Labute approximate surface area is 98.2 Å². The number of esters is 1. The number of nitrogens with zero attached hydrogens (tertiary/aromatic N) is 1. The molecule has 1 unspecified atom stereocenters. The smallest absolute Gasteiger partial charge is 0.441 e. The summed E-state index contributed by atoms with van der Waals surface area (Å²) in [7, 11) is 2.50. The lowest BCUT2D eigenvalue weighted by Crippen LogP contribution is -2.62. The van der Waals surface area contributed by atoms with Crippen molar-refractivity contribution in [3.8, 4) is 0 Å². The fourth-order valence-corrected chi connectivity index (χ4v) is 1.20. The number of ether oxygens (including phenoxy) is 1. The van der Waals surface area contributed by atoms with E-state index in [-0.39, 0.29) is 6.54 Å². The predicted molar refractivity (Wildman–Crippen MR) is 54.2 cm³/mol. The normalized spacial score (nSPS) is 14.2. The summed E-state index contributed by atoms with van der Waals surface area (Å²) >= 11 is 0. The van der Waals surface area contributed by atoms with Gasteiger partial charge in [0.25, 0.3) is 0 Å². The molecule has 0 aliphatic carbocycles. The first-order chi connectivity index (χ1) is 7.45. The third-order valence-electron chi connectivity index (χ3n) is 2.21. The zero-order valence-electron chi connectivity index (χ0n) is 9.95. The molecule has 0 amide bonds. The van der Waals surface area contributed by atoms with Gasteiger partial charge in [-0.2, -0.15) is 0 Å². The highest BCUT2D eigenvalue weighted by Gasteiger charge is 2.43. The predicted octanol–water partition coefficient (Wildman–Crippen LogP) is -1.94. The molecule has 1 atom stereocenters. The molecule has 17 heavy (non-hydrogen) atoms. The molecule has 0 saturated carbocycles. The summed E-state index contributed by atoms with van der Waals surface area (Å²) in [6, 6.07) is 0. The monoisotopic (exact) mass is 252 g/mol. The van der Waals surface area contributed by atoms with E-state index in [2.05, 4.69) is 0 Å². The van der Waals surface area contributed by atoms with Gasteiger partial charge < -0.3 is 9.84 Å². The van der Waals surface area contributed by atoms with Gasteiger partial charge in [-0.05, 0) is 0 Å². The van der Waals surface area contributed by atoms with Crippen LogP contribution in [0.25, 0.3) is 0 Å². The zero-order chi connectivity index (χ0) is 13.9. The van der Waals surface area contributed by atoms with Crippen LogP contribution in [0.2, 0.25) is 0 Å². The van der Waals surface area contributed by atoms with Gasteiger partial charge in [0.05, 0.1) is 20.5 Å². The van der Waals surface area contributed by atoms with Crippen LogP contribution in [0.4, 0.5) is 0 Å². The van der Waals surface area contributed by atoms with Crippen molar-refractivity contribution in [1.82, 2.24) is 0 Å². The molecule has 4 N–H and O–H groups in total. The van der Waals surface area contributed by atoms with Crippen molar-refractivity contribution in [2.75, 3.05) is 20.6 Å². The summed E-state index contributed by atoms with van der Waals surface area (Å²) in [6.07, 6.45) is -4.60. The van der Waals surface area contributed by atoms with E-state index in [0.29, 0.717) is 0 Å². The van der Waals surface area contributed by atoms with Crippen molar-refractivity contribution < 1.29 is 39.2 Å². The Morgan fingerprint density at radius 1 is 1.29 bits per heavy atom. The SMILES string of the molecule is CC(=O)OC(CC(=O)O)C[N+](C)(C)C(O)(O)O. The van der Waals surface area contributed by atoms with E-state index < -0.39 is 35.0 Å². The standard InChI is InChI=1S/C9H17NO7/c1-6(11)17-7(4-8(12)13)5-10(2,3)9(14,15)16/h7,14-16H,4-5H2,1-3H3/p+1. The lowest BCUT2D eigenvalue weighted by Gasteiger charge is -2.37. The number of hydrogen-bond acceptors (Lipinski definition) is 6. The molecule has 100 valence electrons. The van der Waals surface area contributed by atoms with Crippen LogP contribution in [0.15, 0.2) is 0 Å². The molecule has 0 heterocycles. The number of quaternary nitrogens is 1. The maximum atomic E-state index is 10.8. The van der Waals surface area contributed by atoms with Crippen LogP contribution in [0.1, 0.15) is 13.3 Å². The molecule has 0 rings (SSSR count). The van der Waals surface area contributed by atoms with Gasteiger partial charge in [0.1, 0.15) is 6.54 Å². The summed E-state index contributed by atoms with van der Waals surface area (Å²) in [5.74, 6) is -1.88. The first-order valence-corrected chi connectivity index (χ1v) is 4.85. The molecule has 0 aromatic carbocycles. The maximum absolute atomic E-state index is 10.8. The lowest BCUT2D eigenvalue weighted by molar-refractivity contribution is -1.03. The lowest BCUT2D eigenvalue weighted by atomic mass is 10.2. The highest BCUT2D eigenvalue weighted by Crippen LogP contribution is 2.15. The van der Waals surface area contributed by atoms with Gasteiger partial charge in [-0.15, -0.1) is 0 Å². The van der Waals surface area contributed by atoms with E-state index in [1.54, 1.807) is 0 Å². The Morgan fingerprint density at radius 2 is 1.76 bits per heavy atom. The minimum Gasteiger partial charge on any atom is -0.481 e. The van der Waals surface area contributed by atoms with Crippen LogP contribution in [0, 0.1) is 0 Å². The fraction of sp³-hybridized carbons (Fsp3) is 0.778. The van der Waals surface area contributed by atoms with Crippen molar-refractivity contribution in [2.24, 2.45) is 0 Å². The average molecular weight is 252 g/mol. The minimum absolute atomic E-state index is 0.268. The van der Waals surface area contributed by atoms with Crippen LogP contribution in [-0.2, 0) is 14.3 Å². The van der Waals surface area contributed by atoms with E-state index in [4.69, 9.17) is 25.2 Å². The van der Waals surface area contributed by atoms with Gasteiger partial charge in [-0.3, -0.25) is 24.9 Å². The minimum atomic E-state index is -3.04. The highest BCUT2D eigenvalue weighted by atomic mass is 16.7. The molecule has 0 aliphatic rings. The van der Waals surface area contributed by atoms with Crippen molar-refractivity contribution in [2.45, 2.75) is 25.5 Å². The summed E-state index contributed by atoms with van der Waals surface area (Å²) in [4.78, 5) is 21.3. The number of rotatable bonds is 6. The number of carboxylic acid groups (broad SMARTS) is 1. The van der Waals surface area contributed by atoms with Gasteiger partial charge in [-0.25, -0.2) is 4.48 Å². The summed E-state index contributed by atoms with van der Waals surface area (Å²) in [5.41, 5.74) is 0. The second kappa shape index (κ2) is 5.41. The van der Waals surface area contributed by atoms with Gasteiger partial charge in [0.15, 0.2) is 6.10 Å². The van der Waals surface area contributed by atoms with Crippen LogP contribution < -0.4 is 0 Å². The Morgan fingerprint density at radius 3 is 2.06 bits per heavy atom. The quantitative estimate of drug-likeness (QED) is 0.246. The van der Waals surface area contributed by atoms with Gasteiger partial charge in [0, 0.05) is 6.92 Å². The summed E-state index contributed by atoms with van der Waals surface area (Å²) < 4.78 is 3.97. The second-order valence-corrected chi connectivity index (χ2v) is 4.30. The molecule has 0 fully saturated rings. The van der Waals surface area contributed by atoms with Gasteiger partial charge in [0.2, 0.25) is 0 Å². The van der Waals surface area contributed by atoms with Crippen molar-refractivity contribution in [3.63, 3.8) is 0 Å². The van der Waals surface area contributed by atoms with Crippen LogP contribution >= 0.6 is 0 Å². The molecule has 0 aromatic heterocycles. The number of carbonyl (C=O) groups excluding carboxylic acids is 1. The average Bonchev–Trinajstić information content (AvgIpc) is 1.96. The molecule has 0 aliphatic heterocycles. The van der Waals surface area contributed by atoms with Crippen molar-refractivity contribution >= 4 is 11.9 Å². The van der Waals surface area contributed by atoms with Crippen molar-refractivity contribution in [1.29, 1.82) is 0 Å². The topological polar surface area (TPSA) is 124 Å². The number of likely N-dealkylation sites (N-methyl/N-ethyl adjacent to an activating group) is 1. The Hall–Kier alpha value is -1.22. The Balaban J connectivity index is 4.73. The molecule has 0 bridgehead atoms. The van der Waals surface area contributed by atoms with Gasteiger partial charge in [-0.1, -0.05) is 0 Å². The molecular weight excluding hydrogens is 234 g/mol. The molecule has 8 nitrogen and oxygen atoms in total. The Kier molecular flexibility index (Phi) is 5.02. The van der Waals surface area contributed by atoms with Gasteiger partial charge >= 0.3 is 18.0 Å². The highest BCUT2D eigenvalue weighted by molar-refractivity contribution is 5.69. The zero-order valence-corrected chi connectivity index (χ0v) is 9.95. The second-order valence-electron chi connectivity index (χ2n) is 4.30. The van der Waals surface area contributed by atoms with Crippen molar-refractivity contribution in [3.05, 3.63) is 0 Å². The molecule has 0 aromatic rings. The third-order valence-corrected chi connectivity index (χ3v) is 2.21. The number of carbonyl (C=O) groups is 2. The number of hydrogen-bond donors (Lipinski definition) is 4. The molecular formula is C9H18NO7+. The fourth-order valence-electron chi connectivity index (χ4n) is 1.20. The van der Waals surface area contributed by atoms with E-state index >= 15 is 0 Å². The number of carboxylic acids is 1. The largest absolute Gasteiger partial charge is 0.481 e. The molecule has 0 spiro atoms. The molecule has 8 heteroatoms. The van der Waals surface area contributed by atoms with Crippen LogP contribution in [-0.4, -0.2) is 69.7 Å². The first kappa shape index (κ1) is 15.8. The van der Waals surface area contributed by atoms with E-state index in [9.17, 15) is 9.59 Å². The van der Waals surface area contributed by atoms with Crippen LogP contribution in [0.5, 0.6) is 0 Å². The third kappa shape index (κ3) is 5.59. The van der Waals surface area contributed by atoms with Crippen LogP contribution in [0.3, 0.4) is 0 Å². The maximum Gasteiger partial charge on any atom is 0.441 e. The summed E-state index contributed by atoms with van der Waals surface area (Å²) in [6.45, 7) is 0.842. The Bertz CT molecular complexity index is 278. The summed E-state index contributed by atoms with van der Waals surface area (Å²) in [5, 5.41) is 35.8. The number of aliphatic carboxylic acids is 1. The number of aliphatic hydroxyl groups is 3. The van der Waals surface area contributed by atoms with E-state index in [1.165, 1.54) is 14.1 Å². The first-order valence-electron chi connectivity index (χ1n) is 4.85. The van der Waals surface area contributed by atoms with E-state index in [1.807, 2.05) is 0 Å².